The van der Waals surface area contributed by atoms with Gasteiger partial charge >= 0.3 is 6.03 Å². The molecule has 0 unspecified atom stereocenters. The summed E-state index contributed by atoms with van der Waals surface area (Å²) in [4.78, 5) is 17.2. The van der Waals surface area contributed by atoms with Crippen molar-refractivity contribution < 1.29 is 14.3 Å². The Balaban J connectivity index is 1.28. The van der Waals surface area contributed by atoms with Crippen molar-refractivity contribution in [2.75, 3.05) is 23.8 Å². The number of benzene rings is 3. The van der Waals surface area contributed by atoms with E-state index in [1.807, 2.05) is 60.0 Å². The molecule has 154 valence electrons. The van der Waals surface area contributed by atoms with Gasteiger partial charge in [0.05, 0.1) is 5.69 Å². The van der Waals surface area contributed by atoms with Gasteiger partial charge in [-0.15, -0.1) is 11.3 Å². The second-order valence-corrected chi connectivity index (χ2v) is 7.78. The Bertz CT molecular complexity index is 1220. The Hall–Kier alpha value is -3.84. The van der Waals surface area contributed by atoms with Crippen LogP contribution in [0, 0.1) is 0 Å². The predicted molar refractivity (Wildman–Crippen MR) is 123 cm³/mol. The third-order valence-corrected chi connectivity index (χ3v) is 5.63. The van der Waals surface area contributed by atoms with Gasteiger partial charge in [-0.3, -0.25) is 0 Å². The summed E-state index contributed by atoms with van der Waals surface area (Å²) >= 11 is 1.60. The number of thiazole rings is 1. The van der Waals surface area contributed by atoms with Gasteiger partial charge in [0.25, 0.3) is 0 Å². The van der Waals surface area contributed by atoms with Crippen LogP contribution in [0.4, 0.5) is 16.2 Å². The summed E-state index contributed by atoms with van der Waals surface area (Å²) in [5.74, 6) is 1.31. The van der Waals surface area contributed by atoms with E-state index in [0.29, 0.717) is 36.1 Å². The molecule has 0 bridgehead atoms. The lowest BCUT2D eigenvalue weighted by Crippen LogP contribution is -2.20. The molecule has 0 saturated heterocycles. The van der Waals surface area contributed by atoms with E-state index >= 15 is 0 Å². The van der Waals surface area contributed by atoms with E-state index in [0.717, 1.165) is 21.8 Å². The number of ether oxygens (including phenoxy) is 2. The van der Waals surface area contributed by atoms with E-state index in [-0.39, 0.29) is 6.03 Å². The van der Waals surface area contributed by atoms with Gasteiger partial charge in [-0.1, -0.05) is 42.5 Å². The van der Waals surface area contributed by atoms with Crippen molar-refractivity contribution in [3.63, 3.8) is 0 Å². The molecule has 0 radical (unpaired) electrons. The van der Waals surface area contributed by atoms with Crippen molar-refractivity contribution >= 4 is 28.7 Å². The van der Waals surface area contributed by atoms with Gasteiger partial charge in [0.2, 0.25) is 0 Å². The molecule has 4 aromatic rings. The van der Waals surface area contributed by atoms with Crippen molar-refractivity contribution in [2.45, 2.75) is 0 Å². The zero-order valence-corrected chi connectivity index (χ0v) is 17.3. The Labute approximate surface area is 183 Å². The molecule has 7 heteroatoms. The molecule has 2 heterocycles. The quantitative estimate of drug-likeness (QED) is 0.424. The second kappa shape index (κ2) is 8.49. The van der Waals surface area contributed by atoms with Crippen molar-refractivity contribution in [3.05, 3.63) is 78.2 Å². The third-order valence-electron chi connectivity index (χ3n) is 4.74. The number of carbonyl (C=O) groups excluding carboxylic acids is 1. The average molecular weight is 430 g/mol. The highest BCUT2D eigenvalue weighted by molar-refractivity contribution is 7.13. The minimum Gasteiger partial charge on any atom is -0.486 e. The monoisotopic (exact) mass is 429 g/mol. The summed E-state index contributed by atoms with van der Waals surface area (Å²) in [5, 5.41) is 8.69. The van der Waals surface area contributed by atoms with Gasteiger partial charge < -0.3 is 20.1 Å². The Kier molecular flexibility index (Phi) is 5.24. The zero-order valence-electron chi connectivity index (χ0n) is 16.5. The van der Waals surface area contributed by atoms with Crippen LogP contribution in [0.15, 0.2) is 78.2 Å². The Morgan fingerprint density at radius 2 is 1.55 bits per heavy atom. The molecule has 5 rings (SSSR count). The smallest absolute Gasteiger partial charge is 0.323 e. The van der Waals surface area contributed by atoms with Crippen LogP contribution in [0.2, 0.25) is 0 Å². The van der Waals surface area contributed by atoms with Crippen LogP contribution >= 0.6 is 11.3 Å². The van der Waals surface area contributed by atoms with Crippen LogP contribution in [0.25, 0.3) is 21.8 Å². The van der Waals surface area contributed by atoms with Crippen LogP contribution in [0.5, 0.6) is 11.5 Å². The van der Waals surface area contributed by atoms with Gasteiger partial charge in [0.15, 0.2) is 11.5 Å². The molecule has 6 nitrogen and oxygen atoms in total. The maximum Gasteiger partial charge on any atom is 0.323 e. The number of hydrogen-bond acceptors (Lipinski definition) is 5. The fourth-order valence-corrected chi connectivity index (χ4v) is 4.13. The van der Waals surface area contributed by atoms with Crippen molar-refractivity contribution in [2.24, 2.45) is 0 Å². The molecular weight excluding hydrogens is 410 g/mol. The van der Waals surface area contributed by atoms with Crippen LogP contribution in [0.3, 0.4) is 0 Å². The lowest BCUT2D eigenvalue weighted by molar-refractivity contribution is 0.171. The van der Waals surface area contributed by atoms with E-state index in [4.69, 9.17) is 14.5 Å². The summed E-state index contributed by atoms with van der Waals surface area (Å²) in [5.41, 5.74) is 4.22. The Morgan fingerprint density at radius 3 is 2.39 bits per heavy atom. The lowest BCUT2D eigenvalue weighted by Gasteiger charge is -2.19. The SMILES string of the molecule is O=C(Nc1cccc(-c2csc(-c3ccccc3)n2)c1)Nc1ccc2c(c1)OCCO2. The summed E-state index contributed by atoms with van der Waals surface area (Å²) in [6.07, 6.45) is 0. The molecule has 3 aromatic carbocycles. The zero-order chi connectivity index (χ0) is 21.0. The molecule has 1 aliphatic rings. The second-order valence-electron chi connectivity index (χ2n) is 6.92. The normalized spacial score (nSPS) is 12.3. The molecular formula is C24H19N3O3S. The summed E-state index contributed by atoms with van der Waals surface area (Å²) in [6, 6.07) is 22.7. The molecule has 0 aliphatic carbocycles. The lowest BCUT2D eigenvalue weighted by atomic mass is 10.1. The number of anilines is 2. The van der Waals surface area contributed by atoms with Crippen molar-refractivity contribution in [1.29, 1.82) is 0 Å². The number of fused-ring (bicyclic) bond motifs is 1. The van der Waals surface area contributed by atoms with Crippen LogP contribution in [0.1, 0.15) is 0 Å². The van der Waals surface area contributed by atoms with Gasteiger partial charge in [-0.25, -0.2) is 9.78 Å². The van der Waals surface area contributed by atoms with Crippen molar-refractivity contribution in [1.82, 2.24) is 4.98 Å². The highest BCUT2D eigenvalue weighted by atomic mass is 32.1. The van der Waals surface area contributed by atoms with E-state index in [1.165, 1.54) is 0 Å². The van der Waals surface area contributed by atoms with Gasteiger partial charge in [-0.2, -0.15) is 0 Å². The topological polar surface area (TPSA) is 72.5 Å². The first-order valence-electron chi connectivity index (χ1n) is 9.84. The summed E-state index contributed by atoms with van der Waals surface area (Å²) in [7, 11) is 0. The molecule has 1 aliphatic heterocycles. The standard InChI is InChI=1S/C24H19N3O3S/c28-24(26-19-9-10-21-22(14-19)30-12-11-29-21)25-18-8-4-7-17(13-18)20-15-31-23(27-20)16-5-2-1-3-6-16/h1-10,13-15H,11-12H2,(H2,25,26,28). The number of amides is 2. The first kappa shape index (κ1) is 19.1. The first-order chi connectivity index (χ1) is 15.2. The summed E-state index contributed by atoms with van der Waals surface area (Å²) in [6.45, 7) is 1.03. The highest BCUT2D eigenvalue weighted by Crippen LogP contribution is 2.33. The molecule has 2 N–H and O–H groups in total. The van der Waals surface area contributed by atoms with E-state index < -0.39 is 0 Å². The number of hydrogen-bond donors (Lipinski definition) is 2. The third kappa shape index (κ3) is 4.36. The fourth-order valence-electron chi connectivity index (χ4n) is 3.29. The van der Waals surface area contributed by atoms with E-state index in [9.17, 15) is 4.79 Å². The van der Waals surface area contributed by atoms with Gasteiger partial charge in [-0.05, 0) is 24.3 Å². The molecule has 0 fully saturated rings. The molecule has 2 amide bonds. The first-order valence-corrected chi connectivity index (χ1v) is 10.7. The number of carbonyl (C=O) groups is 1. The number of nitrogens with zero attached hydrogens (tertiary/aromatic N) is 1. The number of nitrogens with one attached hydrogen (secondary N) is 2. The summed E-state index contributed by atoms with van der Waals surface area (Å²) < 4.78 is 11.1. The molecule has 0 spiro atoms. The minimum absolute atomic E-state index is 0.336. The maximum absolute atomic E-state index is 12.5. The minimum atomic E-state index is -0.336. The van der Waals surface area contributed by atoms with Crippen LogP contribution in [-0.4, -0.2) is 24.2 Å². The van der Waals surface area contributed by atoms with E-state index in [2.05, 4.69) is 10.6 Å². The highest BCUT2D eigenvalue weighted by Gasteiger charge is 2.13. The van der Waals surface area contributed by atoms with Crippen molar-refractivity contribution in [3.8, 4) is 33.3 Å². The van der Waals surface area contributed by atoms with Crippen LogP contribution < -0.4 is 20.1 Å². The molecule has 0 atom stereocenters. The molecule has 0 saturated carbocycles. The number of rotatable bonds is 4. The van der Waals surface area contributed by atoms with Gasteiger partial charge in [0, 0.05) is 33.9 Å². The number of urea groups is 1. The predicted octanol–water partition coefficient (Wildman–Crippen LogP) is 5.89. The average Bonchev–Trinajstić information content (AvgIpc) is 3.30. The molecule has 1 aromatic heterocycles. The van der Waals surface area contributed by atoms with Crippen LogP contribution in [-0.2, 0) is 0 Å². The maximum atomic E-state index is 12.5. The fraction of sp³-hybridized carbons (Fsp3) is 0.0833. The molecule has 31 heavy (non-hydrogen) atoms. The Morgan fingerprint density at radius 1 is 0.806 bits per heavy atom. The van der Waals surface area contributed by atoms with E-state index in [1.54, 1.807) is 29.5 Å². The number of aromatic nitrogens is 1. The van der Waals surface area contributed by atoms with Gasteiger partial charge in [0.1, 0.15) is 18.2 Å². The largest absolute Gasteiger partial charge is 0.486 e.